The van der Waals surface area contributed by atoms with Crippen LogP contribution in [-0.2, 0) is 14.4 Å². The molecule has 0 rings (SSSR count). The molecule has 0 aliphatic rings. The van der Waals surface area contributed by atoms with E-state index in [-0.39, 0.29) is 25.3 Å². The van der Waals surface area contributed by atoms with Crippen molar-refractivity contribution < 1.29 is 19.5 Å². The fourth-order valence-corrected chi connectivity index (χ4v) is 0.991. The van der Waals surface area contributed by atoms with Crippen LogP contribution in [-0.4, -0.2) is 49.0 Å². The van der Waals surface area contributed by atoms with Crippen molar-refractivity contribution in [3.8, 4) is 0 Å². The van der Waals surface area contributed by atoms with Crippen molar-refractivity contribution in [3.05, 3.63) is 0 Å². The number of nitrogens with zero attached hydrogens (tertiary/aromatic N) is 1. The van der Waals surface area contributed by atoms with Gasteiger partial charge in [-0.2, -0.15) is 0 Å². The second-order valence-corrected chi connectivity index (χ2v) is 3.08. The number of aliphatic carboxylic acids is 1. The number of carbonyl (C=O) groups is 1. The van der Waals surface area contributed by atoms with Crippen molar-refractivity contribution >= 4 is 30.7 Å². The molecule has 0 fully saturated rings. The Bertz CT molecular complexity index is 209. The summed E-state index contributed by atoms with van der Waals surface area (Å²) in [5, 5.41) is 12.1. The molecular formula is C10H20LiNO4. The van der Waals surface area contributed by atoms with Crippen LogP contribution in [0.2, 0.25) is 0 Å². The molecule has 0 heterocycles. The Morgan fingerprint density at radius 3 is 2.56 bits per heavy atom. The second-order valence-electron chi connectivity index (χ2n) is 3.08. The fourth-order valence-electron chi connectivity index (χ4n) is 0.991. The quantitative estimate of drug-likeness (QED) is 0.223. The van der Waals surface area contributed by atoms with Gasteiger partial charge >= 0.3 is 24.8 Å². The Morgan fingerprint density at radius 2 is 2.00 bits per heavy atom. The van der Waals surface area contributed by atoms with Gasteiger partial charge in [0, 0.05) is 13.3 Å². The first-order valence-corrected chi connectivity index (χ1v) is 5.18. The van der Waals surface area contributed by atoms with Crippen LogP contribution in [0.15, 0.2) is 5.16 Å². The third-order valence-electron chi connectivity index (χ3n) is 1.67. The average molecular weight is 225 g/mol. The van der Waals surface area contributed by atoms with E-state index in [1.165, 1.54) is 0 Å². The molecule has 0 aliphatic carbocycles. The monoisotopic (exact) mass is 225 g/mol. The van der Waals surface area contributed by atoms with Crippen LogP contribution in [0.3, 0.4) is 0 Å². The third kappa shape index (κ3) is 13.3. The van der Waals surface area contributed by atoms with Gasteiger partial charge < -0.3 is 14.7 Å². The molecule has 0 aliphatic heterocycles. The van der Waals surface area contributed by atoms with Crippen molar-refractivity contribution in [2.45, 2.75) is 39.5 Å². The van der Waals surface area contributed by atoms with E-state index in [2.05, 4.69) is 5.16 Å². The molecule has 5 nitrogen and oxygen atoms in total. The number of unbranched alkanes of at least 4 members (excludes halogenated alkanes) is 2. The summed E-state index contributed by atoms with van der Waals surface area (Å²) >= 11 is 0. The summed E-state index contributed by atoms with van der Waals surface area (Å²) in [5.41, 5.74) is 0. The number of oxime groups is 1. The molecular weight excluding hydrogens is 205 g/mol. The van der Waals surface area contributed by atoms with Gasteiger partial charge in [0.05, 0.1) is 6.61 Å². The van der Waals surface area contributed by atoms with E-state index in [4.69, 9.17) is 14.7 Å². The average Bonchev–Trinajstić information content (AvgIpc) is 2.16. The summed E-state index contributed by atoms with van der Waals surface area (Å²) in [6, 6.07) is 0. The molecule has 0 amide bonds. The number of carboxylic acid groups (broad SMARTS) is 1. The molecule has 6 heteroatoms. The van der Waals surface area contributed by atoms with Gasteiger partial charge in [-0.15, -0.1) is 0 Å². The third-order valence-corrected chi connectivity index (χ3v) is 1.67. The minimum atomic E-state index is -0.749. The Hall–Kier alpha value is -0.663. The van der Waals surface area contributed by atoms with Crippen LogP contribution in [0.4, 0.5) is 0 Å². The van der Waals surface area contributed by atoms with Crippen LogP contribution in [0.1, 0.15) is 39.5 Å². The van der Waals surface area contributed by atoms with Gasteiger partial charge in [-0.05, 0) is 26.2 Å². The van der Waals surface area contributed by atoms with Gasteiger partial charge in [0.25, 0.3) is 0 Å². The Balaban J connectivity index is 0. The zero-order valence-electron chi connectivity index (χ0n) is 9.36. The van der Waals surface area contributed by atoms with E-state index < -0.39 is 5.97 Å². The summed E-state index contributed by atoms with van der Waals surface area (Å²) in [4.78, 5) is 15.2. The van der Waals surface area contributed by atoms with Crippen LogP contribution in [0, 0.1) is 0 Å². The summed E-state index contributed by atoms with van der Waals surface area (Å²) in [7, 11) is 0. The van der Waals surface area contributed by atoms with Crippen LogP contribution >= 0.6 is 0 Å². The van der Waals surface area contributed by atoms with E-state index in [1.807, 2.05) is 6.92 Å². The molecule has 0 aromatic rings. The van der Waals surface area contributed by atoms with Crippen molar-refractivity contribution in [2.75, 3.05) is 13.2 Å². The van der Waals surface area contributed by atoms with Gasteiger partial charge in [0.2, 0.25) is 5.90 Å². The predicted molar refractivity (Wildman–Crippen MR) is 63.9 cm³/mol. The number of hydrogen-bond acceptors (Lipinski definition) is 4. The van der Waals surface area contributed by atoms with Crippen molar-refractivity contribution in [1.29, 1.82) is 0 Å². The SMILES string of the molecule is CCOC(C)=NOCCCCCC(=O)O.[LiH]. The Kier molecular flexibility index (Phi) is 13.7. The normalized spacial score (nSPS) is 10.5. The van der Waals surface area contributed by atoms with Gasteiger partial charge in [-0.1, -0.05) is 5.16 Å². The second kappa shape index (κ2) is 12.4. The molecule has 90 valence electrons. The Labute approximate surface area is 108 Å². The van der Waals surface area contributed by atoms with Crippen molar-refractivity contribution in [3.63, 3.8) is 0 Å². The molecule has 0 radical (unpaired) electrons. The number of hydrogen-bond donors (Lipinski definition) is 1. The van der Waals surface area contributed by atoms with E-state index >= 15 is 0 Å². The Morgan fingerprint density at radius 1 is 1.31 bits per heavy atom. The van der Waals surface area contributed by atoms with Gasteiger partial charge in [0.1, 0.15) is 6.61 Å². The standard InChI is InChI=1S/C10H19NO4.Li.H/c1-3-14-9(2)11-15-8-6-4-5-7-10(12)13;;/h3-8H2,1-2H3,(H,12,13);;. The summed E-state index contributed by atoms with van der Waals surface area (Å²) < 4.78 is 5.05. The number of ether oxygens (including phenoxy) is 1. The molecule has 0 aromatic carbocycles. The summed E-state index contributed by atoms with van der Waals surface area (Å²) in [6.45, 7) is 4.69. The van der Waals surface area contributed by atoms with Crippen LogP contribution in [0.25, 0.3) is 0 Å². The molecule has 16 heavy (non-hydrogen) atoms. The van der Waals surface area contributed by atoms with Crippen LogP contribution < -0.4 is 0 Å². The first-order valence-electron chi connectivity index (χ1n) is 5.18. The van der Waals surface area contributed by atoms with Gasteiger partial charge in [-0.25, -0.2) is 0 Å². The zero-order valence-corrected chi connectivity index (χ0v) is 9.36. The fraction of sp³-hybridized carbons (Fsp3) is 0.800. The molecule has 0 aromatic heterocycles. The maximum atomic E-state index is 10.2. The topological polar surface area (TPSA) is 68.1 Å². The molecule has 0 unspecified atom stereocenters. The maximum absolute atomic E-state index is 10.2. The molecule has 0 saturated carbocycles. The first-order chi connectivity index (χ1) is 7.16. The van der Waals surface area contributed by atoms with Gasteiger partial charge in [0.15, 0.2) is 0 Å². The van der Waals surface area contributed by atoms with E-state index in [1.54, 1.807) is 6.92 Å². The molecule has 0 saturated heterocycles. The van der Waals surface area contributed by atoms with E-state index in [0.29, 0.717) is 25.5 Å². The van der Waals surface area contributed by atoms with Crippen molar-refractivity contribution in [1.82, 2.24) is 0 Å². The predicted octanol–water partition coefficient (Wildman–Crippen LogP) is 1.37. The molecule has 0 bridgehead atoms. The number of carboxylic acids is 1. The van der Waals surface area contributed by atoms with Crippen molar-refractivity contribution in [2.24, 2.45) is 5.16 Å². The summed E-state index contributed by atoms with van der Waals surface area (Å²) in [5.74, 6) is -0.232. The number of rotatable bonds is 8. The van der Waals surface area contributed by atoms with E-state index in [0.717, 1.165) is 12.8 Å². The van der Waals surface area contributed by atoms with E-state index in [9.17, 15) is 4.79 Å². The molecule has 0 atom stereocenters. The molecule has 0 spiro atoms. The molecule has 1 N–H and O–H groups in total. The minimum absolute atomic E-state index is 0. The zero-order chi connectivity index (χ0) is 11.5. The summed E-state index contributed by atoms with van der Waals surface area (Å²) in [6.07, 6.45) is 2.57. The van der Waals surface area contributed by atoms with Crippen LogP contribution in [0.5, 0.6) is 0 Å². The first kappa shape index (κ1) is 17.7. The van der Waals surface area contributed by atoms with Gasteiger partial charge in [-0.3, -0.25) is 4.79 Å².